The molecule has 162 valence electrons. The molecule has 1 N–H and O–H groups in total. The highest BCUT2D eigenvalue weighted by Gasteiger charge is 2.28. The summed E-state index contributed by atoms with van der Waals surface area (Å²) < 4.78 is 0. The van der Waals surface area contributed by atoms with Gasteiger partial charge in [0.1, 0.15) is 6.04 Å². The first kappa shape index (κ1) is 23.7. The Morgan fingerprint density at radius 2 is 1.57 bits per heavy atom. The molecule has 0 saturated heterocycles. The summed E-state index contributed by atoms with van der Waals surface area (Å²) in [5.74, 6) is 0.264. The first-order valence-electron chi connectivity index (χ1n) is 10.9. The van der Waals surface area contributed by atoms with E-state index in [9.17, 15) is 9.59 Å². The Hall–Kier alpha value is -2.62. The van der Waals surface area contributed by atoms with Crippen LogP contribution in [-0.4, -0.2) is 29.3 Å². The first-order valence-corrected chi connectivity index (χ1v) is 10.9. The number of amides is 2. The van der Waals surface area contributed by atoms with Gasteiger partial charge < -0.3 is 10.2 Å². The number of benzene rings is 2. The molecule has 0 saturated carbocycles. The van der Waals surface area contributed by atoms with E-state index in [0.717, 1.165) is 11.1 Å². The minimum absolute atomic E-state index is 0.0228. The van der Waals surface area contributed by atoms with Gasteiger partial charge in [-0.25, -0.2) is 0 Å². The number of rotatable bonds is 9. The summed E-state index contributed by atoms with van der Waals surface area (Å²) >= 11 is 0. The van der Waals surface area contributed by atoms with Crippen molar-refractivity contribution in [2.45, 2.75) is 67.0 Å². The van der Waals surface area contributed by atoms with Gasteiger partial charge in [0, 0.05) is 13.1 Å². The predicted molar refractivity (Wildman–Crippen MR) is 123 cm³/mol. The lowest BCUT2D eigenvalue weighted by Gasteiger charge is -2.31. The monoisotopic (exact) mass is 408 g/mol. The molecule has 4 heteroatoms. The Morgan fingerprint density at radius 1 is 0.933 bits per heavy atom. The van der Waals surface area contributed by atoms with E-state index in [0.29, 0.717) is 31.8 Å². The van der Waals surface area contributed by atoms with E-state index in [1.165, 1.54) is 16.7 Å². The minimum atomic E-state index is -0.482. The number of carbonyl (C=O) groups is 2. The summed E-state index contributed by atoms with van der Waals surface area (Å²) in [6.07, 6.45) is 0.870. The Bertz CT molecular complexity index is 856. The van der Waals surface area contributed by atoms with E-state index < -0.39 is 6.04 Å². The summed E-state index contributed by atoms with van der Waals surface area (Å²) in [6.45, 7) is 13.3. The van der Waals surface area contributed by atoms with Gasteiger partial charge in [0.15, 0.2) is 0 Å². The van der Waals surface area contributed by atoms with Gasteiger partial charge in [0.05, 0.1) is 6.42 Å². The molecule has 0 spiro atoms. The molecule has 4 nitrogen and oxygen atoms in total. The summed E-state index contributed by atoms with van der Waals surface area (Å²) in [5.41, 5.74) is 5.57. The molecule has 0 aromatic heterocycles. The minimum Gasteiger partial charge on any atom is -0.354 e. The van der Waals surface area contributed by atoms with Crippen LogP contribution in [0, 0.1) is 26.7 Å². The maximum Gasteiger partial charge on any atom is 0.242 e. The molecule has 30 heavy (non-hydrogen) atoms. The van der Waals surface area contributed by atoms with Crippen molar-refractivity contribution in [2.75, 3.05) is 6.54 Å². The van der Waals surface area contributed by atoms with E-state index in [-0.39, 0.29) is 11.8 Å². The second-order valence-electron chi connectivity index (χ2n) is 8.67. The lowest BCUT2D eigenvalue weighted by molar-refractivity contribution is -0.141. The quantitative estimate of drug-likeness (QED) is 0.652. The van der Waals surface area contributed by atoms with Crippen molar-refractivity contribution < 1.29 is 9.59 Å². The number of nitrogens with one attached hydrogen (secondary N) is 1. The fourth-order valence-electron chi connectivity index (χ4n) is 3.42. The van der Waals surface area contributed by atoms with Crippen LogP contribution in [0.3, 0.4) is 0 Å². The van der Waals surface area contributed by atoms with Gasteiger partial charge in [0.2, 0.25) is 11.8 Å². The average molecular weight is 409 g/mol. The maximum absolute atomic E-state index is 13.4. The molecule has 0 bridgehead atoms. The summed E-state index contributed by atoms with van der Waals surface area (Å²) in [6, 6.07) is 13.8. The molecule has 0 heterocycles. The molecule has 2 aromatic rings. The Kier molecular flexibility index (Phi) is 8.64. The van der Waals surface area contributed by atoms with Crippen molar-refractivity contribution in [1.29, 1.82) is 0 Å². The van der Waals surface area contributed by atoms with E-state index in [1.807, 2.05) is 44.2 Å². The van der Waals surface area contributed by atoms with Gasteiger partial charge in [-0.15, -0.1) is 0 Å². The van der Waals surface area contributed by atoms with E-state index >= 15 is 0 Å². The van der Waals surface area contributed by atoms with Crippen LogP contribution in [0.5, 0.6) is 0 Å². The molecule has 2 rings (SSSR count). The predicted octanol–water partition coefficient (Wildman–Crippen LogP) is 4.73. The van der Waals surface area contributed by atoms with Gasteiger partial charge in [0.25, 0.3) is 0 Å². The van der Waals surface area contributed by atoms with Crippen molar-refractivity contribution >= 4 is 11.8 Å². The van der Waals surface area contributed by atoms with Crippen LogP contribution in [0.1, 0.15) is 55.0 Å². The topological polar surface area (TPSA) is 49.4 Å². The van der Waals surface area contributed by atoms with Crippen LogP contribution in [0.25, 0.3) is 0 Å². The standard InChI is InChI=1S/C26H36N2O2/c1-7-24(26(30)27-16-18(2)3)28(17-22-11-8-19(4)9-12-22)25(29)15-23-13-10-20(5)21(6)14-23/h8-14,18,24H,7,15-17H2,1-6H3,(H,27,30)/t24-/m1/s1. The highest BCUT2D eigenvalue weighted by Crippen LogP contribution is 2.17. The Morgan fingerprint density at radius 3 is 2.13 bits per heavy atom. The zero-order valence-corrected chi connectivity index (χ0v) is 19.3. The maximum atomic E-state index is 13.4. The van der Waals surface area contributed by atoms with Crippen LogP contribution >= 0.6 is 0 Å². The normalized spacial score (nSPS) is 12.0. The Labute approximate surface area is 181 Å². The molecular weight excluding hydrogens is 372 g/mol. The van der Waals surface area contributed by atoms with Gasteiger partial charge in [-0.1, -0.05) is 68.8 Å². The van der Waals surface area contributed by atoms with Crippen LogP contribution in [-0.2, 0) is 22.6 Å². The van der Waals surface area contributed by atoms with Crippen LogP contribution in [0.4, 0.5) is 0 Å². The van der Waals surface area contributed by atoms with Gasteiger partial charge in [-0.2, -0.15) is 0 Å². The third-order valence-electron chi connectivity index (χ3n) is 5.47. The fourth-order valence-corrected chi connectivity index (χ4v) is 3.42. The molecule has 0 fully saturated rings. The van der Waals surface area contributed by atoms with Crippen LogP contribution < -0.4 is 5.32 Å². The molecule has 0 aliphatic rings. The molecule has 0 unspecified atom stereocenters. The molecule has 0 radical (unpaired) electrons. The molecule has 1 atom stereocenters. The molecule has 2 amide bonds. The third-order valence-corrected chi connectivity index (χ3v) is 5.47. The van der Waals surface area contributed by atoms with Crippen LogP contribution in [0.2, 0.25) is 0 Å². The average Bonchev–Trinajstić information content (AvgIpc) is 2.70. The van der Waals surface area contributed by atoms with Gasteiger partial charge >= 0.3 is 0 Å². The Balaban J connectivity index is 2.27. The number of aryl methyl sites for hydroxylation is 3. The zero-order chi connectivity index (χ0) is 22.3. The highest BCUT2D eigenvalue weighted by atomic mass is 16.2. The second kappa shape index (κ2) is 11.0. The number of carbonyl (C=O) groups excluding carboxylic acids is 2. The van der Waals surface area contributed by atoms with Gasteiger partial charge in [-0.3, -0.25) is 9.59 Å². The fraction of sp³-hybridized carbons (Fsp3) is 0.462. The van der Waals surface area contributed by atoms with Crippen LogP contribution in [0.15, 0.2) is 42.5 Å². The van der Waals surface area contributed by atoms with Crippen molar-refractivity contribution in [3.63, 3.8) is 0 Å². The van der Waals surface area contributed by atoms with Crippen molar-refractivity contribution in [3.8, 4) is 0 Å². The van der Waals surface area contributed by atoms with Crippen molar-refractivity contribution in [1.82, 2.24) is 10.2 Å². The third kappa shape index (κ3) is 6.72. The first-order chi connectivity index (χ1) is 14.2. The number of hydrogen-bond donors (Lipinski definition) is 1. The largest absolute Gasteiger partial charge is 0.354 e. The summed E-state index contributed by atoms with van der Waals surface area (Å²) in [4.78, 5) is 28.0. The summed E-state index contributed by atoms with van der Waals surface area (Å²) in [5, 5.41) is 3.01. The van der Waals surface area contributed by atoms with Gasteiger partial charge in [-0.05, 0) is 55.4 Å². The molecular formula is C26H36N2O2. The smallest absolute Gasteiger partial charge is 0.242 e. The zero-order valence-electron chi connectivity index (χ0n) is 19.3. The van der Waals surface area contributed by atoms with Crippen molar-refractivity contribution in [2.24, 2.45) is 5.92 Å². The lowest BCUT2D eigenvalue weighted by Crippen LogP contribution is -2.50. The van der Waals surface area contributed by atoms with E-state index in [2.05, 4.69) is 45.1 Å². The molecule has 0 aliphatic carbocycles. The highest BCUT2D eigenvalue weighted by molar-refractivity contribution is 5.88. The second-order valence-corrected chi connectivity index (χ2v) is 8.67. The molecule has 0 aliphatic heterocycles. The molecule has 2 aromatic carbocycles. The number of hydrogen-bond acceptors (Lipinski definition) is 2. The van der Waals surface area contributed by atoms with Crippen molar-refractivity contribution in [3.05, 3.63) is 70.3 Å². The van der Waals surface area contributed by atoms with E-state index in [1.54, 1.807) is 4.90 Å². The number of nitrogens with zero attached hydrogens (tertiary/aromatic N) is 1. The lowest BCUT2D eigenvalue weighted by atomic mass is 10.0. The van der Waals surface area contributed by atoms with E-state index in [4.69, 9.17) is 0 Å². The summed E-state index contributed by atoms with van der Waals surface area (Å²) in [7, 11) is 0. The SMILES string of the molecule is CC[C@H](C(=O)NCC(C)C)N(Cc1ccc(C)cc1)C(=O)Cc1ccc(C)c(C)c1.